The fourth-order valence-electron chi connectivity index (χ4n) is 3.69. The molecule has 7 heteroatoms. The van der Waals surface area contributed by atoms with Crippen molar-refractivity contribution in [2.24, 2.45) is 0 Å². The fourth-order valence-corrected chi connectivity index (χ4v) is 3.69. The molecule has 4 N–H and O–H groups in total. The number of carbonyl (C=O) groups is 2. The molecule has 3 rings (SSSR count). The van der Waals surface area contributed by atoms with Crippen LogP contribution in [-0.2, 0) is 4.79 Å². The molecule has 0 unspecified atom stereocenters. The molecule has 3 amide bonds. The molecule has 7 nitrogen and oxygen atoms in total. The van der Waals surface area contributed by atoms with E-state index < -0.39 is 24.1 Å². The molecule has 1 fully saturated rings. The summed E-state index contributed by atoms with van der Waals surface area (Å²) in [5, 5.41) is 20.9. The zero-order valence-electron chi connectivity index (χ0n) is 16.4. The number of benzene rings is 2. The quantitative estimate of drug-likeness (QED) is 0.460. The summed E-state index contributed by atoms with van der Waals surface area (Å²) in [6, 6.07) is 17.2. The van der Waals surface area contributed by atoms with Crippen LogP contribution in [0.4, 0.5) is 4.79 Å². The molecule has 1 saturated heterocycles. The Morgan fingerprint density at radius 1 is 1.00 bits per heavy atom. The van der Waals surface area contributed by atoms with Gasteiger partial charge in [-0.3, -0.25) is 10.0 Å². The van der Waals surface area contributed by atoms with Crippen molar-refractivity contribution >= 4 is 11.9 Å². The van der Waals surface area contributed by atoms with Crippen LogP contribution in [0.2, 0.25) is 0 Å². The third-order valence-electron chi connectivity index (χ3n) is 5.43. The van der Waals surface area contributed by atoms with Crippen molar-refractivity contribution in [1.82, 2.24) is 15.7 Å². The highest BCUT2D eigenvalue weighted by atomic mass is 16.5. The first-order valence-electron chi connectivity index (χ1n) is 9.82. The smallest absolute Gasteiger partial charge is 0.318 e. The second-order valence-corrected chi connectivity index (χ2v) is 7.39. The first-order chi connectivity index (χ1) is 14.0. The number of hydroxylamine groups is 1. The van der Waals surface area contributed by atoms with Crippen molar-refractivity contribution in [3.63, 3.8) is 0 Å². The molecule has 0 radical (unpaired) electrons. The van der Waals surface area contributed by atoms with Crippen LogP contribution in [-0.4, -0.2) is 52.4 Å². The average molecular weight is 397 g/mol. The molecule has 0 spiro atoms. The van der Waals surface area contributed by atoms with Crippen molar-refractivity contribution in [3.8, 4) is 11.1 Å². The van der Waals surface area contributed by atoms with Gasteiger partial charge in [-0.2, -0.15) is 0 Å². The van der Waals surface area contributed by atoms with Crippen LogP contribution in [0.1, 0.15) is 31.2 Å². The molecule has 2 atom stereocenters. The summed E-state index contributed by atoms with van der Waals surface area (Å²) in [7, 11) is 0. The number of aliphatic hydroxyl groups is 1. The molecule has 1 aliphatic rings. The highest BCUT2D eigenvalue weighted by molar-refractivity contribution is 5.86. The lowest BCUT2D eigenvalue weighted by Crippen LogP contribution is -2.56. The van der Waals surface area contributed by atoms with Gasteiger partial charge in [0.05, 0.1) is 6.10 Å². The third-order valence-corrected chi connectivity index (χ3v) is 5.43. The van der Waals surface area contributed by atoms with Gasteiger partial charge in [-0.1, -0.05) is 54.6 Å². The van der Waals surface area contributed by atoms with Crippen molar-refractivity contribution in [1.29, 1.82) is 0 Å². The fraction of sp³-hybridized carbons (Fsp3) is 0.364. The van der Waals surface area contributed by atoms with Gasteiger partial charge in [0, 0.05) is 13.1 Å². The summed E-state index contributed by atoms with van der Waals surface area (Å²) < 4.78 is 0. The van der Waals surface area contributed by atoms with Crippen molar-refractivity contribution in [2.45, 2.75) is 37.8 Å². The molecule has 0 aliphatic carbocycles. The lowest BCUT2D eigenvalue weighted by atomic mass is 9.88. The van der Waals surface area contributed by atoms with Crippen LogP contribution in [0, 0.1) is 0 Å². The van der Waals surface area contributed by atoms with Crippen LogP contribution in [0.15, 0.2) is 54.6 Å². The minimum absolute atomic E-state index is 0.372. The van der Waals surface area contributed by atoms with Crippen LogP contribution < -0.4 is 10.8 Å². The van der Waals surface area contributed by atoms with Crippen LogP contribution >= 0.6 is 0 Å². The van der Waals surface area contributed by atoms with Crippen LogP contribution in [0.25, 0.3) is 11.1 Å². The maximum Gasteiger partial charge on any atom is 0.318 e. The van der Waals surface area contributed by atoms with Gasteiger partial charge >= 0.3 is 6.03 Å². The van der Waals surface area contributed by atoms with Gasteiger partial charge < -0.3 is 15.3 Å². The van der Waals surface area contributed by atoms with Gasteiger partial charge in [0.1, 0.15) is 6.04 Å². The summed E-state index contributed by atoms with van der Waals surface area (Å²) in [5.41, 5.74) is 5.09. The number of hydrogen-bond donors (Lipinski definition) is 4. The number of amides is 3. The highest BCUT2D eigenvalue weighted by Gasteiger charge is 2.29. The summed E-state index contributed by atoms with van der Waals surface area (Å²) in [6.07, 6.45) is 0.527. The number of carbonyl (C=O) groups excluding carboxylic acids is 2. The van der Waals surface area contributed by atoms with Gasteiger partial charge in [0.2, 0.25) is 0 Å². The molecule has 1 aliphatic heterocycles. The first kappa shape index (κ1) is 20.8. The van der Waals surface area contributed by atoms with Gasteiger partial charge in [0.15, 0.2) is 0 Å². The predicted octanol–water partition coefficient (Wildman–Crippen LogP) is 2.50. The minimum atomic E-state index is -1.20. The van der Waals surface area contributed by atoms with Crippen LogP contribution in [0.3, 0.4) is 0 Å². The Morgan fingerprint density at radius 3 is 2.14 bits per heavy atom. The Kier molecular flexibility index (Phi) is 6.85. The van der Waals surface area contributed by atoms with Crippen LogP contribution in [0.5, 0.6) is 0 Å². The van der Waals surface area contributed by atoms with Crippen molar-refractivity contribution in [2.75, 3.05) is 13.1 Å². The molecular weight excluding hydrogens is 370 g/mol. The van der Waals surface area contributed by atoms with E-state index in [2.05, 4.69) is 41.7 Å². The summed E-state index contributed by atoms with van der Waals surface area (Å²) in [6.45, 7) is 2.50. The largest absolute Gasteiger partial charge is 0.391 e. The topological polar surface area (TPSA) is 102 Å². The van der Waals surface area contributed by atoms with E-state index in [-0.39, 0.29) is 0 Å². The number of aliphatic hydroxyl groups excluding tert-OH is 1. The molecule has 29 heavy (non-hydrogen) atoms. The molecule has 1 heterocycles. The number of nitrogens with zero attached hydrogens (tertiary/aromatic N) is 1. The van der Waals surface area contributed by atoms with E-state index in [1.807, 2.05) is 18.2 Å². The molecule has 154 valence electrons. The number of nitrogens with one attached hydrogen (secondary N) is 2. The van der Waals surface area contributed by atoms with Gasteiger partial charge in [-0.25, -0.2) is 10.3 Å². The van der Waals surface area contributed by atoms with E-state index in [0.29, 0.717) is 19.0 Å². The summed E-state index contributed by atoms with van der Waals surface area (Å²) >= 11 is 0. The number of piperidine rings is 1. The second-order valence-electron chi connectivity index (χ2n) is 7.39. The average Bonchev–Trinajstić information content (AvgIpc) is 2.77. The zero-order valence-corrected chi connectivity index (χ0v) is 16.4. The van der Waals surface area contributed by atoms with Gasteiger partial charge in [0.25, 0.3) is 5.91 Å². The monoisotopic (exact) mass is 397 g/mol. The number of hydrogen-bond acceptors (Lipinski definition) is 4. The Balaban J connectivity index is 1.56. The SMILES string of the molecule is C[C@@H](O)[C@H](NC(=O)N1CCC(c2ccc(-c3ccccc3)cc2)CC1)C(=O)NO. The Labute approximate surface area is 170 Å². The van der Waals surface area contributed by atoms with E-state index >= 15 is 0 Å². The van der Waals surface area contributed by atoms with Gasteiger partial charge in [-0.15, -0.1) is 0 Å². The Morgan fingerprint density at radius 2 is 1.59 bits per heavy atom. The summed E-state index contributed by atoms with van der Waals surface area (Å²) in [4.78, 5) is 25.6. The Bertz CT molecular complexity index is 816. The lowest BCUT2D eigenvalue weighted by molar-refractivity contribution is -0.133. The van der Waals surface area contributed by atoms with E-state index in [4.69, 9.17) is 5.21 Å². The maximum atomic E-state index is 12.4. The molecule has 2 aromatic rings. The van der Waals surface area contributed by atoms with E-state index in [9.17, 15) is 14.7 Å². The summed E-state index contributed by atoms with van der Waals surface area (Å²) in [5.74, 6) is -0.473. The van der Waals surface area contributed by atoms with Crippen molar-refractivity contribution < 1.29 is 19.9 Å². The number of rotatable bonds is 5. The zero-order chi connectivity index (χ0) is 20.8. The standard InChI is InChI=1S/C22H27N3O4/c1-15(26)20(21(27)24-29)23-22(28)25-13-11-19(12-14-25)18-9-7-17(8-10-18)16-5-3-2-4-6-16/h2-10,15,19-20,26,29H,11-14H2,1H3,(H,23,28)(H,24,27)/t15-,20+/m1/s1. The second kappa shape index (κ2) is 9.54. The highest BCUT2D eigenvalue weighted by Crippen LogP contribution is 2.30. The normalized spacial score (nSPS) is 16.7. The molecule has 0 saturated carbocycles. The van der Waals surface area contributed by atoms with E-state index in [0.717, 1.165) is 12.8 Å². The van der Waals surface area contributed by atoms with E-state index in [1.54, 1.807) is 4.90 Å². The molecule has 0 bridgehead atoms. The Hall–Kier alpha value is -2.90. The predicted molar refractivity (Wildman–Crippen MR) is 109 cm³/mol. The maximum absolute atomic E-state index is 12.4. The number of likely N-dealkylation sites (tertiary alicyclic amines) is 1. The first-order valence-corrected chi connectivity index (χ1v) is 9.82. The van der Waals surface area contributed by atoms with E-state index in [1.165, 1.54) is 29.1 Å². The lowest BCUT2D eigenvalue weighted by Gasteiger charge is -2.33. The molecular formula is C22H27N3O4. The molecule has 2 aromatic carbocycles. The van der Waals surface area contributed by atoms with Crippen molar-refractivity contribution in [3.05, 3.63) is 60.2 Å². The number of urea groups is 1. The molecule has 0 aromatic heterocycles. The van der Waals surface area contributed by atoms with Gasteiger partial charge in [-0.05, 0) is 42.4 Å². The third kappa shape index (κ3) is 5.13. The minimum Gasteiger partial charge on any atom is -0.391 e.